The third kappa shape index (κ3) is 3.07. The van der Waals surface area contributed by atoms with Crippen LogP contribution in [0.4, 0.5) is 0 Å². The van der Waals surface area contributed by atoms with E-state index in [2.05, 4.69) is 11.1 Å². The maximum Gasteiger partial charge on any atom is 0.146 e. The number of rotatable bonds is 5. The van der Waals surface area contributed by atoms with Gasteiger partial charge in [-0.2, -0.15) is 0 Å². The largest absolute Gasteiger partial charge is 0.486 e. The van der Waals surface area contributed by atoms with Gasteiger partial charge in [-0.25, -0.2) is 4.98 Å². The third-order valence-electron chi connectivity index (χ3n) is 2.62. The molecule has 2 rings (SSSR count). The second kappa shape index (κ2) is 5.50. The van der Waals surface area contributed by atoms with Gasteiger partial charge in [0.25, 0.3) is 0 Å². The summed E-state index contributed by atoms with van der Waals surface area (Å²) in [6.45, 7) is 1.14. The van der Waals surface area contributed by atoms with Gasteiger partial charge in [0.05, 0.1) is 0 Å². The van der Waals surface area contributed by atoms with Crippen molar-refractivity contribution < 1.29 is 4.74 Å². The van der Waals surface area contributed by atoms with E-state index < -0.39 is 0 Å². The molecular weight excluding hydrogens is 214 g/mol. The van der Waals surface area contributed by atoms with Crippen molar-refractivity contribution in [3.05, 3.63) is 48.0 Å². The first-order valence-electron chi connectivity index (χ1n) is 5.67. The van der Waals surface area contributed by atoms with Crippen LogP contribution < -0.4 is 10.5 Å². The number of hydrogen-bond donors (Lipinski definition) is 1. The van der Waals surface area contributed by atoms with Crippen molar-refractivity contribution in [3.63, 3.8) is 0 Å². The van der Waals surface area contributed by atoms with Crippen LogP contribution in [0.5, 0.6) is 5.75 Å². The lowest BCUT2D eigenvalue weighted by Gasteiger charge is -2.07. The fourth-order valence-corrected chi connectivity index (χ4v) is 1.64. The first-order valence-corrected chi connectivity index (χ1v) is 5.67. The Morgan fingerprint density at radius 1 is 1.41 bits per heavy atom. The van der Waals surface area contributed by atoms with Gasteiger partial charge in [0.1, 0.15) is 18.2 Å². The summed E-state index contributed by atoms with van der Waals surface area (Å²) in [5.74, 6) is 1.77. The summed E-state index contributed by atoms with van der Waals surface area (Å²) in [5.41, 5.74) is 6.73. The lowest BCUT2D eigenvalue weighted by Crippen LogP contribution is -2.04. The molecule has 1 aromatic carbocycles. The topological polar surface area (TPSA) is 53.1 Å². The Morgan fingerprint density at radius 3 is 3.00 bits per heavy atom. The van der Waals surface area contributed by atoms with E-state index in [0.29, 0.717) is 13.2 Å². The van der Waals surface area contributed by atoms with Gasteiger partial charge >= 0.3 is 0 Å². The predicted octanol–water partition coefficient (Wildman–Crippen LogP) is 1.50. The lowest BCUT2D eigenvalue weighted by atomic mass is 10.1. The van der Waals surface area contributed by atoms with E-state index in [1.54, 1.807) is 6.20 Å². The van der Waals surface area contributed by atoms with Gasteiger partial charge in [-0.3, -0.25) is 0 Å². The van der Waals surface area contributed by atoms with Crippen LogP contribution in [0.3, 0.4) is 0 Å². The lowest BCUT2D eigenvalue weighted by molar-refractivity contribution is 0.291. The molecule has 0 aliphatic heterocycles. The van der Waals surface area contributed by atoms with E-state index >= 15 is 0 Å². The van der Waals surface area contributed by atoms with Crippen molar-refractivity contribution >= 4 is 0 Å². The molecule has 0 fully saturated rings. The van der Waals surface area contributed by atoms with Crippen LogP contribution in [0, 0.1) is 0 Å². The number of benzene rings is 1. The maximum atomic E-state index is 5.69. The Labute approximate surface area is 101 Å². The number of nitrogens with zero attached hydrogens (tertiary/aromatic N) is 2. The van der Waals surface area contributed by atoms with Crippen molar-refractivity contribution in [2.75, 3.05) is 6.54 Å². The summed E-state index contributed by atoms with van der Waals surface area (Å²) >= 11 is 0. The average Bonchev–Trinajstić information content (AvgIpc) is 2.73. The smallest absolute Gasteiger partial charge is 0.146 e. The van der Waals surface area contributed by atoms with Crippen LogP contribution in [0.25, 0.3) is 0 Å². The van der Waals surface area contributed by atoms with Gasteiger partial charge in [0.15, 0.2) is 0 Å². The molecule has 4 heteroatoms. The van der Waals surface area contributed by atoms with E-state index in [-0.39, 0.29) is 0 Å². The zero-order chi connectivity index (χ0) is 12.1. The number of nitrogens with two attached hydrogens (primary N) is 1. The highest BCUT2D eigenvalue weighted by atomic mass is 16.5. The van der Waals surface area contributed by atoms with Crippen molar-refractivity contribution in [2.24, 2.45) is 12.8 Å². The maximum absolute atomic E-state index is 5.69. The van der Waals surface area contributed by atoms with Crippen molar-refractivity contribution in [1.29, 1.82) is 0 Å². The van der Waals surface area contributed by atoms with E-state index in [0.717, 1.165) is 18.0 Å². The molecule has 0 atom stereocenters. The van der Waals surface area contributed by atoms with Crippen LogP contribution in [0.15, 0.2) is 36.7 Å². The van der Waals surface area contributed by atoms with E-state index in [1.807, 2.05) is 36.0 Å². The van der Waals surface area contributed by atoms with Gasteiger partial charge < -0.3 is 15.0 Å². The second-order valence-electron chi connectivity index (χ2n) is 3.93. The first kappa shape index (κ1) is 11.7. The number of ether oxygens (including phenoxy) is 1. The minimum absolute atomic E-state index is 0.482. The molecule has 17 heavy (non-hydrogen) atoms. The number of aromatic nitrogens is 2. The number of aryl methyl sites for hydroxylation is 1. The molecule has 0 spiro atoms. The van der Waals surface area contributed by atoms with Crippen LogP contribution >= 0.6 is 0 Å². The SMILES string of the molecule is Cn1ccnc1COc1cccc(CCN)c1. The van der Waals surface area contributed by atoms with Crippen molar-refractivity contribution in [2.45, 2.75) is 13.0 Å². The standard InChI is InChI=1S/C13H17N3O/c1-16-8-7-15-13(16)10-17-12-4-2-3-11(9-12)5-6-14/h2-4,7-9H,5-6,10,14H2,1H3. The Hall–Kier alpha value is -1.81. The third-order valence-corrected chi connectivity index (χ3v) is 2.62. The summed E-state index contributed by atoms with van der Waals surface area (Å²) in [7, 11) is 1.95. The molecule has 0 aliphatic rings. The van der Waals surface area contributed by atoms with Gasteiger partial charge in [0.2, 0.25) is 0 Å². The summed E-state index contributed by atoms with van der Waals surface area (Å²) in [5, 5.41) is 0. The molecule has 2 aromatic rings. The Balaban J connectivity index is 1.99. The van der Waals surface area contributed by atoms with E-state index in [4.69, 9.17) is 10.5 Å². The molecule has 4 nitrogen and oxygen atoms in total. The molecule has 1 heterocycles. The summed E-state index contributed by atoms with van der Waals surface area (Å²) in [6.07, 6.45) is 4.55. The quantitative estimate of drug-likeness (QED) is 0.848. The van der Waals surface area contributed by atoms with E-state index in [1.165, 1.54) is 5.56 Å². The van der Waals surface area contributed by atoms with Crippen LogP contribution in [-0.4, -0.2) is 16.1 Å². The molecule has 0 saturated heterocycles. The normalized spacial score (nSPS) is 10.5. The molecule has 0 aliphatic carbocycles. The Kier molecular flexibility index (Phi) is 3.77. The molecule has 0 saturated carbocycles. The zero-order valence-electron chi connectivity index (χ0n) is 9.97. The van der Waals surface area contributed by atoms with Gasteiger partial charge in [-0.05, 0) is 30.7 Å². The van der Waals surface area contributed by atoms with Gasteiger partial charge in [0, 0.05) is 19.4 Å². The summed E-state index contributed by atoms with van der Waals surface area (Å²) in [6, 6.07) is 8.01. The Bertz CT molecular complexity index is 479. The summed E-state index contributed by atoms with van der Waals surface area (Å²) in [4.78, 5) is 4.21. The fourth-order valence-electron chi connectivity index (χ4n) is 1.64. The molecule has 0 unspecified atom stereocenters. The molecule has 0 radical (unpaired) electrons. The summed E-state index contributed by atoms with van der Waals surface area (Å²) < 4.78 is 7.64. The molecule has 1 aromatic heterocycles. The van der Waals surface area contributed by atoms with Crippen molar-refractivity contribution in [1.82, 2.24) is 9.55 Å². The highest BCUT2D eigenvalue weighted by molar-refractivity contribution is 5.28. The van der Waals surface area contributed by atoms with Crippen molar-refractivity contribution in [3.8, 4) is 5.75 Å². The van der Waals surface area contributed by atoms with E-state index in [9.17, 15) is 0 Å². The van der Waals surface area contributed by atoms with Crippen LogP contribution in [0.2, 0.25) is 0 Å². The minimum Gasteiger partial charge on any atom is -0.486 e. The van der Waals surface area contributed by atoms with Crippen LogP contribution in [-0.2, 0) is 20.1 Å². The minimum atomic E-state index is 0.482. The first-order chi connectivity index (χ1) is 8.29. The zero-order valence-corrected chi connectivity index (χ0v) is 9.97. The highest BCUT2D eigenvalue weighted by Crippen LogP contribution is 2.14. The predicted molar refractivity (Wildman–Crippen MR) is 66.7 cm³/mol. The molecule has 0 bridgehead atoms. The number of imidazole rings is 1. The second-order valence-corrected chi connectivity index (χ2v) is 3.93. The molecule has 2 N–H and O–H groups in total. The van der Waals surface area contributed by atoms with Gasteiger partial charge in [-0.15, -0.1) is 0 Å². The monoisotopic (exact) mass is 231 g/mol. The molecule has 90 valence electrons. The number of hydrogen-bond acceptors (Lipinski definition) is 3. The average molecular weight is 231 g/mol. The molecule has 0 amide bonds. The van der Waals surface area contributed by atoms with Crippen LogP contribution in [0.1, 0.15) is 11.4 Å². The highest BCUT2D eigenvalue weighted by Gasteiger charge is 2.01. The Morgan fingerprint density at radius 2 is 2.29 bits per heavy atom. The van der Waals surface area contributed by atoms with Gasteiger partial charge in [-0.1, -0.05) is 12.1 Å². The fraction of sp³-hybridized carbons (Fsp3) is 0.308. The molecular formula is C13H17N3O.